The van der Waals surface area contributed by atoms with Gasteiger partial charge in [0.25, 0.3) is 0 Å². The SMILES string of the molecule is CCCCN(C(=O)C1CCC1)c1ccn(C)n1. The molecule has 0 spiro atoms. The third-order valence-corrected chi connectivity index (χ3v) is 3.43. The van der Waals surface area contributed by atoms with Gasteiger partial charge in [-0.1, -0.05) is 19.8 Å². The Bertz CT molecular complexity index is 382. The average Bonchev–Trinajstić information content (AvgIpc) is 2.63. The zero-order valence-corrected chi connectivity index (χ0v) is 10.7. The number of anilines is 1. The van der Waals surface area contributed by atoms with Crippen LogP contribution >= 0.6 is 0 Å². The van der Waals surface area contributed by atoms with E-state index in [2.05, 4.69) is 12.0 Å². The highest BCUT2D eigenvalue weighted by Crippen LogP contribution is 2.29. The molecule has 0 radical (unpaired) electrons. The molecule has 0 N–H and O–H groups in total. The van der Waals surface area contributed by atoms with Gasteiger partial charge in [0.15, 0.2) is 5.82 Å². The van der Waals surface area contributed by atoms with E-state index in [1.807, 2.05) is 24.2 Å². The van der Waals surface area contributed by atoms with Gasteiger partial charge in [-0.25, -0.2) is 0 Å². The molecule has 1 amide bonds. The average molecular weight is 235 g/mol. The minimum atomic E-state index is 0.244. The predicted octanol–water partition coefficient (Wildman–Crippen LogP) is 2.35. The summed E-state index contributed by atoms with van der Waals surface area (Å²) in [6.45, 7) is 2.94. The van der Waals surface area contributed by atoms with E-state index in [0.717, 1.165) is 38.0 Å². The summed E-state index contributed by atoms with van der Waals surface area (Å²) in [6, 6.07) is 1.92. The fourth-order valence-corrected chi connectivity index (χ4v) is 2.08. The third-order valence-electron chi connectivity index (χ3n) is 3.43. The zero-order valence-electron chi connectivity index (χ0n) is 10.7. The molecule has 0 bridgehead atoms. The monoisotopic (exact) mass is 235 g/mol. The number of rotatable bonds is 5. The van der Waals surface area contributed by atoms with Gasteiger partial charge in [0, 0.05) is 31.8 Å². The summed E-state index contributed by atoms with van der Waals surface area (Å²) in [5.41, 5.74) is 0. The summed E-state index contributed by atoms with van der Waals surface area (Å²) >= 11 is 0. The Labute approximate surface area is 103 Å². The van der Waals surface area contributed by atoms with Gasteiger partial charge in [0.1, 0.15) is 0 Å². The lowest BCUT2D eigenvalue weighted by Crippen LogP contribution is -2.39. The van der Waals surface area contributed by atoms with E-state index in [1.165, 1.54) is 6.42 Å². The van der Waals surface area contributed by atoms with Crippen molar-refractivity contribution in [1.29, 1.82) is 0 Å². The lowest BCUT2D eigenvalue weighted by Gasteiger charge is -2.30. The maximum atomic E-state index is 12.3. The number of aryl methyl sites for hydroxylation is 1. The lowest BCUT2D eigenvalue weighted by molar-refractivity contribution is -0.124. The Hall–Kier alpha value is -1.32. The van der Waals surface area contributed by atoms with E-state index in [1.54, 1.807) is 4.68 Å². The number of carbonyl (C=O) groups excluding carboxylic acids is 1. The van der Waals surface area contributed by atoms with Gasteiger partial charge in [-0.15, -0.1) is 0 Å². The van der Waals surface area contributed by atoms with Crippen molar-refractivity contribution < 1.29 is 4.79 Å². The molecule has 0 saturated heterocycles. The Kier molecular flexibility index (Phi) is 3.82. The summed E-state index contributed by atoms with van der Waals surface area (Å²) in [4.78, 5) is 14.2. The van der Waals surface area contributed by atoms with E-state index in [0.29, 0.717) is 0 Å². The van der Waals surface area contributed by atoms with Crippen LogP contribution in [0.15, 0.2) is 12.3 Å². The molecule has 1 fully saturated rings. The van der Waals surface area contributed by atoms with Gasteiger partial charge < -0.3 is 0 Å². The quantitative estimate of drug-likeness (QED) is 0.785. The normalized spacial score (nSPS) is 15.6. The molecular weight excluding hydrogens is 214 g/mol. The standard InChI is InChI=1S/C13H21N3O/c1-3-4-9-16(12-8-10-15(2)14-12)13(17)11-6-5-7-11/h8,10-11H,3-7,9H2,1-2H3. The van der Waals surface area contributed by atoms with Crippen LogP contribution in [-0.2, 0) is 11.8 Å². The van der Waals surface area contributed by atoms with E-state index >= 15 is 0 Å². The van der Waals surface area contributed by atoms with Crippen molar-refractivity contribution in [3.05, 3.63) is 12.3 Å². The fourth-order valence-electron chi connectivity index (χ4n) is 2.08. The molecule has 1 aromatic rings. The second-order valence-corrected chi connectivity index (χ2v) is 4.82. The Morgan fingerprint density at radius 2 is 2.35 bits per heavy atom. The molecule has 1 aliphatic carbocycles. The highest BCUT2D eigenvalue weighted by molar-refractivity contribution is 5.94. The molecule has 0 aromatic carbocycles. The lowest BCUT2D eigenvalue weighted by atomic mass is 9.84. The number of nitrogens with zero attached hydrogens (tertiary/aromatic N) is 3. The molecule has 0 unspecified atom stereocenters. The Morgan fingerprint density at radius 3 is 2.82 bits per heavy atom. The van der Waals surface area contributed by atoms with Gasteiger partial charge >= 0.3 is 0 Å². The van der Waals surface area contributed by atoms with Crippen molar-refractivity contribution in [3.63, 3.8) is 0 Å². The van der Waals surface area contributed by atoms with Crippen LogP contribution in [-0.4, -0.2) is 22.2 Å². The molecule has 2 rings (SSSR count). The van der Waals surface area contributed by atoms with Crippen molar-refractivity contribution in [2.75, 3.05) is 11.4 Å². The van der Waals surface area contributed by atoms with Gasteiger partial charge in [0.05, 0.1) is 0 Å². The zero-order chi connectivity index (χ0) is 12.3. The molecule has 4 nitrogen and oxygen atoms in total. The third kappa shape index (κ3) is 2.68. The maximum absolute atomic E-state index is 12.3. The highest BCUT2D eigenvalue weighted by Gasteiger charge is 2.30. The summed E-state index contributed by atoms with van der Waals surface area (Å²) in [7, 11) is 1.88. The molecule has 1 heterocycles. The first-order valence-corrected chi connectivity index (χ1v) is 6.53. The van der Waals surface area contributed by atoms with E-state index in [9.17, 15) is 4.79 Å². The Morgan fingerprint density at radius 1 is 1.59 bits per heavy atom. The number of hydrogen-bond acceptors (Lipinski definition) is 2. The number of carbonyl (C=O) groups is 1. The molecule has 1 aliphatic rings. The van der Waals surface area contributed by atoms with Gasteiger partial charge in [-0.3, -0.25) is 14.4 Å². The number of amides is 1. The summed E-state index contributed by atoms with van der Waals surface area (Å²) < 4.78 is 1.75. The van der Waals surface area contributed by atoms with Crippen LogP contribution in [0, 0.1) is 5.92 Å². The first-order valence-electron chi connectivity index (χ1n) is 6.53. The van der Waals surface area contributed by atoms with Gasteiger partial charge in [-0.05, 0) is 19.3 Å². The number of aromatic nitrogens is 2. The molecule has 1 aromatic heterocycles. The molecule has 0 atom stereocenters. The van der Waals surface area contributed by atoms with Crippen molar-refractivity contribution >= 4 is 11.7 Å². The fraction of sp³-hybridized carbons (Fsp3) is 0.692. The Balaban J connectivity index is 2.09. The molecule has 17 heavy (non-hydrogen) atoms. The van der Waals surface area contributed by atoms with E-state index < -0.39 is 0 Å². The van der Waals surface area contributed by atoms with Gasteiger partial charge in [-0.2, -0.15) is 5.10 Å². The maximum Gasteiger partial charge on any atom is 0.231 e. The van der Waals surface area contributed by atoms with Crippen LogP contribution in [0.3, 0.4) is 0 Å². The second kappa shape index (κ2) is 5.34. The van der Waals surface area contributed by atoms with Crippen LogP contribution in [0.4, 0.5) is 5.82 Å². The first kappa shape index (κ1) is 12.1. The molecule has 4 heteroatoms. The smallest absolute Gasteiger partial charge is 0.231 e. The topological polar surface area (TPSA) is 38.1 Å². The molecule has 0 aliphatic heterocycles. The summed E-state index contributed by atoms with van der Waals surface area (Å²) in [6.07, 6.45) is 7.32. The van der Waals surface area contributed by atoms with E-state index in [-0.39, 0.29) is 11.8 Å². The van der Waals surface area contributed by atoms with E-state index in [4.69, 9.17) is 0 Å². The summed E-state index contributed by atoms with van der Waals surface area (Å²) in [5.74, 6) is 1.31. The van der Waals surface area contributed by atoms with Crippen molar-refractivity contribution in [2.45, 2.75) is 39.0 Å². The van der Waals surface area contributed by atoms with Crippen molar-refractivity contribution in [3.8, 4) is 0 Å². The van der Waals surface area contributed by atoms with Crippen LogP contribution < -0.4 is 4.90 Å². The highest BCUT2D eigenvalue weighted by atomic mass is 16.2. The first-order chi connectivity index (χ1) is 8.22. The number of unbranched alkanes of at least 4 members (excludes halogenated alkanes) is 1. The summed E-state index contributed by atoms with van der Waals surface area (Å²) in [5, 5.41) is 4.35. The molecule has 1 saturated carbocycles. The van der Waals surface area contributed by atoms with Crippen LogP contribution in [0.2, 0.25) is 0 Å². The van der Waals surface area contributed by atoms with Crippen molar-refractivity contribution in [1.82, 2.24) is 9.78 Å². The van der Waals surface area contributed by atoms with Crippen molar-refractivity contribution in [2.24, 2.45) is 13.0 Å². The van der Waals surface area contributed by atoms with Crippen LogP contribution in [0.5, 0.6) is 0 Å². The molecular formula is C13H21N3O. The molecule has 94 valence electrons. The van der Waals surface area contributed by atoms with Crippen LogP contribution in [0.1, 0.15) is 39.0 Å². The minimum absolute atomic E-state index is 0.244. The number of hydrogen-bond donors (Lipinski definition) is 0. The second-order valence-electron chi connectivity index (χ2n) is 4.82. The predicted molar refractivity (Wildman–Crippen MR) is 67.8 cm³/mol. The van der Waals surface area contributed by atoms with Gasteiger partial charge in [0.2, 0.25) is 5.91 Å². The minimum Gasteiger partial charge on any atom is -0.295 e. The van der Waals surface area contributed by atoms with Crippen LogP contribution in [0.25, 0.3) is 0 Å². The largest absolute Gasteiger partial charge is 0.295 e.